The number of para-hydroxylation sites is 1. The van der Waals surface area contributed by atoms with Crippen molar-refractivity contribution in [3.8, 4) is 5.75 Å². The molecule has 0 radical (unpaired) electrons. The van der Waals surface area contributed by atoms with Gasteiger partial charge < -0.3 is 15.0 Å². The molecule has 2 aromatic carbocycles. The highest BCUT2D eigenvalue weighted by Gasteiger charge is 2.21. The second-order valence-corrected chi connectivity index (χ2v) is 6.74. The Labute approximate surface area is 163 Å². The molecule has 0 saturated carbocycles. The number of non-ortho nitro benzene ring substituents is 1. The Hall–Kier alpha value is -3.13. The molecule has 0 aliphatic carbocycles. The van der Waals surface area contributed by atoms with E-state index in [4.69, 9.17) is 4.74 Å². The number of anilines is 2. The van der Waals surface area contributed by atoms with Gasteiger partial charge in [0.05, 0.1) is 24.3 Å². The van der Waals surface area contributed by atoms with Gasteiger partial charge in [0.25, 0.3) is 5.69 Å². The van der Waals surface area contributed by atoms with Crippen molar-refractivity contribution in [2.45, 2.75) is 6.92 Å². The molecule has 3 rings (SSSR count). The molecular weight excluding hydrogens is 360 g/mol. The van der Waals surface area contributed by atoms with E-state index in [0.717, 1.165) is 26.2 Å². The first kappa shape index (κ1) is 19.6. The van der Waals surface area contributed by atoms with Gasteiger partial charge in [0.15, 0.2) is 0 Å². The molecule has 1 N–H and O–H groups in total. The summed E-state index contributed by atoms with van der Waals surface area (Å²) in [4.78, 5) is 27.3. The Morgan fingerprint density at radius 2 is 1.89 bits per heavy atom. The van der Waals surface area contributed by atoms with E-state index in [0.29, 0.717) is 11.4 Å². The zero-order chi connectivity index (χ0) is 20.1. The van der Waals surface area contributed by atoms with Crippen molar-refractivity contribution in [3.05, 3.63) is 58.1 Å². The summed E-state index contributed by atoms with van der Waals surface area (Å²) < 4.78 is 5.19. The van der Waals surface area contributed by atoms with Crippen LogP contribution in [0, 0.1) is 17.0 Å². The van der Waals surface area contributed by atoms with Crippen LogP contribution in [0.1, 0.15) is 5.56 Å². The van der Waals surface area contributed by atoms with Crippen molar-refractivity contribution in [3.63, 3.8) is 0 Å². The van der Waals surface area contributed by atoms with Gasteiger partial charge in [-0.3, -0.25) is 19.8 Å². The molecule has 0 spiro atoms. The number of nitrogens with zero attached hydrogens (tertiary/aromatic N) is 3. The van der Waals surface area contributed by atoms with Crippen molar-refractivity contribution in [1.29, 1.82) is 0 Å². The average molecular weight is 384 g/mol. The number of hydrogen-bond acceptors (Lipinski definition) is 6. The van der Waals surface area contributed by atoms with Crippen LogP contribution in [0.2, 0.25) is 0 Å². The molecule has 28 heavy (non-hydrogen) atoms. The number of aryl methyl sites for hydroxylation is 1. The van der Waals surface area contributed by atoms with Crippen LogP contribution < -0.4 is 15.0 Å². The zero-order valence-electron chi connectivity index (χ0n) is 16.1. The monoisotopic (exact) mass is 384 g/mol. The third kappa shape index (κ3) is 4.58. The third-order valence-electron chi connectivity index (χ3n) is 4.86. The number of carbonyl (C=O) groups excluding carboxylic acids is 1. The highest BCUT2D eigenvalue weighted by molar-refractivity contribution is 5.94. The lowest BCUT2D eigenvalue weighted by molar-refractivity contribution is -0.384. The number of nitrogens with one attached hydrogen (secondary N) is 1. The van der Waals surface area contributed by atoms with E-state index in [1.54, 1.807) is 0 Å². The number of piperazine rings is 1. The lowest BCUT2D eigenvalue weighted by Crippen LogP contribution is -2.48. The van der Waals surface area contributed by atoms with Gasteiger partial charge in [-0.2, -0.15) is 0 Å². The molecular formula is C20H24N4O4. The Balaban J connectivity index is 1.57. The van der Waals surface area contributed by atoms with E-state index in [1.165, 1.54) is 36.6 Å². The number of carbonyl (C=O) groups is 1. The Morgan fingerprint density at radius 3 is 2.54 bits per heavy atom. The van der Waals surface area contributed by atoms with E-state index >= 15 is 0 Å². The minimum atomic E-state index is -0.500. The topological polar surface area (TPSA) is 87.9 Å². The Kier molecular flexibility index (Phi) is 6.10. The lowest BCUT2D eigenvalue weighted by atomic mass is 10.1. The number of hydrogen-bond donors (Lipinski definition) is 1. The van der Waals surface area contributed by atoms with Crippen LogP contribution in [0.4, 0.5) is 17.1 Å². The molecule has 1 saturated heterocycles. The fourth-order valence-electron chi connectivity index (χ4n) is 3.37. The summed E-state index contributed by atoms with van der Waals surface area (Å²) >= 11 is 0. The number of methoxy groups -OCH3 is 1. The van der Waals surface area contributed by atoms with Crippen LogP contribution in [-0.2, 0) is 4.79 Å². The SMILES string of the molecule is COc1ccc([N+](=O)[O-])cc1NC(=O)CN1CCN(c2ccccc2C)CC1. The van der Waals surface area contributed by atoms with Gasteiger partial charge in [-0.25, -0.2) is 0 Å². The minimum absolute atomic E-state index is 0.0945. The maximum Gasteiger partial charge on any atom is 0.271 e. The summed E-state index contributed by atoms with van der Waals surface area (Å²) in [5.41, 5.74) is 2.68. The smallest absolute Gasteiger partial charge is 0.271 e. The van der Waals surface area contributed by atoms with Gasteiger partial charge in [0.1, 0.15) is 5.75 Å². The summed E-state index contributed by atoms with van der Waals surface area (Å²) in [6, 6.07) is 12.4. The predicted molar refractivity (Wildman–Crippen MR) is 108 cm³/mol. The van der Waals surface area contributed by atoms with Crippen molar-refractivity contribution in [2.75, 3.05) is 50.1 Å². The van der Waals surface area contributed by atoms with Crippen molar-refractivity contribution in [1.82, 2.24) is 4.90 Å². The molecule has 1 aliphatic heterocycles. The highest BCUT2D eigenvalue weighted by Crippen LogP contribution is 2.29. The predicted octanol–water partition coefficient (Wildman–Crippen LogP) is 2.67. The number of benzene rings is 2. The minimum Gasteiger partial charge on any atom is -0.495 e. The fourth-order valence-corrected chi connectivity index (χ4v) is 3.37. The molecule has 1 amide bonds. The van der Waals surface area contributed by atoms with E-state index in [1.807, 2.05) is 12.1 Å². The maximum absolute atomic E-state index is 12.4. The first-order valence-electron chi connectivity index (χ1n) is 9.13. The van der Waals surface area contributed by atoms with E-state index in [2.05, 4.69) is 34.2 Å². The molecule has 0 bridgehead atoms. The quantitative estimate of drug-likeness (QED) is 0.609. The molecule has 8 nitrogen and oxygen atoms in total. The number of nitro benzene ring substituents is 1. The second kappa shape index (κ2) is 8.71. The fraction of sp³-hybridized carbons (Fsp3) is 0.350. The number of amides is 1. The average Bonchev–Trinajstić information content (AvgIpc) is 2.69. The number of rotatable bonds is 6. The van der Waals surface area contributed by atoms with Crippen molar-refractivity contribution >= 4 is 23.0 Å². The molecule has 0 aromatic heterocycles. The normalized spacial score (nSPS) is 14.6. The number of ether oxygens (including phenoxy) is 1. The summed E-state index contributed by atoms with van der Waals surface area (Å²) in [5.74, 6) is 0.173. The van der Waals surface area contributed by atoms with Crippen LogP contribution >= 0.6 is 0 Å². The molecule has 148 valence electrons. The van der Waals surface area contributed by atoms with Gasteiger partial charge in [0.2, 0.25) is 5.91 Å². The van der Waals surface area contributed by atoms with Gasteiger partial charge in [0, 0.05) is 44.0 Å². The van der Waals surface area contributed by atoms with Crippen molar-refractivity contribution in [2.24, 2.45) is 0 Å². The summed E-state index contributed by atoms with van der Waals surface area (Å²) in [6.45, 7) is 5.56. The van der Waals surface area contributed by atoms with E-state index < -0.39 is 4.92 Å². The summed E-state index contributed by atoms with van der Waals surface area (Å²) in [7, 11) is 1.46. The first-order chi connectivity index (χ1) is 13.5. The summed E-state index contributed by atoms with van der Waals surface area (Å²) in [6.07, 6.45) is 0. The zero-order valence-corrected chi connectivity index (χ0v) is 16.1. The first-order valence-corrected chi connectivity index (χ1v) is 9.13. The molecule has 2 aromatic rings. The molecule has 1 heterocycles. The molecule has 0 unspecified atom stereocenters. The van der Waals surface area contributed by atoms with Crippen LogP contribution in [0.15, 0.2) is 42.5 Å². The lowest BCUT2D eigenvalue weighted by Gasteiger charge is -2.36. The Bertz CT molecular complexity index is 863. The van der Waals surface area contributed by atoms with Crippen LogP contribution in [-0.4, -0.2) is 55.6 Å². The van der Waals surface area contributed by atoms with Gasteiger partial charge >= 0.3 is 0 Å². The Morgan fingerprint density at radius 1 is 1.18 bits per heavy atom. The number of nitro groups is 1. The van der Waals surface area contributed by atoms with Gasteiger partial charge in [-0.15, -0.1) is 0 Å². The maximum atomic E-state index is 12.4. The molecule has 8 heteroatoms. The molecule has 0 atom stereocenters. The molecule has 1 aliphatic rings. The van der Waals surface area contributed by atoms with Crippen LogP contribution in [0.25, 0.3) is 0 Å². The second-order valence-electron chi connectivity index (χ2n) is 6.74. The molecule has 1 fully saturated rings. The third-order valence-corrected chi connectivity index (χ3v) is 4.86. The van der Waals surface area contributed by atoms with E-state index in [9.17, 15) is 14.9 Å². The standard InChI is InChI=1S/C20H24N4O4/c1-15-5-3-4-6-18(15)23-11-9-22(10-12-23)14-20(25)21-17-13-16(24(26)27)7-8-19(17)28-2/h3-8,13H,9-12,14H2,1-2H3,(H,21,25). The van der Waals surface area contributed by atoms with Crippen LogP contribution in [0.5, 0.6) is 5.75 Å². The van der Waals surface area contributed by atoms with Crippen molar-refractivity contribution < 1.29 is 14.5 Å². The van der Waals surface area contributed by atoms with Gasteiger partial charge in [-0.1, -0.05) is 18.2 Å². The largest absolute Gasteiger partial charge is 0.495 e. The highest BCUT2D eigenvalue weighted by atomic mass is 16.6. The van der Waals surface area contributed by atoms with E-state index in [-0.39, 0.29) is 18.1 Å². The van der Waals surface area contributed by atoms with Gasteiger partial charge in [-0.05, 0) is 24.6 Å². The van der Waals surface area contributed by atoms with Crippen LogP contribution in [0.3, 0.4) is 0 Å². The summed E-state index contributed by atoms with van der Waals surface area (Å²) in [5, 5.41) is 13.7.